The number of hydrogen-bond donors (Lipinski definition) is 2. The summed E-state index contributed by atoms with van der Waals surface area (Å²) in [4.78, 5) is 0. The van der Waals surface area contributed by atoms with Crippen LogP contribution in [-0.2, 0) is 4.74 Å². The van der Waals surface area contributed by atoms with Crippen LogP contribution in [0.1, 0.15) is 19.3 Å². The van der Waals surface area contributed by atoms with E-state index in [1.165, 1.54) is 12.1 Å². The molecule has 16 heavy (non-hydrogen) atoms. The number of benzene rings is 1. The highest BCUT2D eigenvalue weighted by Gasteiger charge is 2.24. The van der Waals surface area contributed by atoms with Crippen molar-refractivity contribution in [2.24, 2.45) is 0 Å². The van der Waals surface area contributed by atoms with Crippen molar-refractivity contribution in [3.63, 3.8) is 0 Å². The Morgan fingerprint density at radius 1 is 1.44 bits per heavy atom. The maximum atomic E-state index is 12.8. The lowest BCUT2D eigenvalue weighted by Gasteiger charge is -2.16. The molecule has 1 aromatic carbocycles. The summed E-state index contributed by atoms with van der Waals surface area (Å²) in [6.07, 6.45) is 3.44. The third-order valence-corrected chi connectivity index (χ3v) is 3.09. The zero-order valence-electron chi connectivity index (χ0n) is 9.37. The first-order valence-electron chi connectivity index (χ1n) is 5.53. The van der Waals surface area contributed by atoms with Gasteiger partial charge in [0.15, 0.2) is 0 Å². The SMILES string of the molecule is COC1CCC(Nc2ccc(F)cc2N)C1. The van der Waals surface area contributed by atoms with E-state index >= 15 is 0 Å². The molecule has 0 aromatic heterocycles. The Morgan fingerprint density at radius 3 is 2.88 bits per heavy atom. The van der Waals surface area contributed by atoms with Gasteiger partial charge in [-0.1, -0.05) is 0 Å². The van der Waals surface area contributed by atoms with E-state index in [0.29, 0.717) is 17.8 Å². The van der Waals surface area contributed by atoms with Gasteiger partial charge in [0.25, 0.3) is 0 Å². The zero-order chi connectivity index (χ0) is 11.5. The third-order valence-electron chi connectivity index (χ3n) is 3.09. The van der Waals surface area contributed by atoms with Gasteiger partial charge in [-0.2, -0.15) is 0 Å². The largest absolute Gasteiger partial charge is 0.397 e. The van der Waals surface area contributed by atoms with Gasteiger partial charge in [0.2, 0.25) is 0 Å². The maximum Gasteiger partial charge on any atom is 0.125 e. The van der Waals surface area contributed by atoms with Crippen molar-refractivity contribution in [2.45, 2.75) is 31.4 Å². The standard InChI is InChI=1S/C12H17FN2O/c1-16-10-4-3-9(7-10)15-12-5-2-8(13)6-11(12)14/h2,5-6,9-10,15H,3-4,7,14H2,1H3. The van der Waals surface area contributed by atoms with E-state index in [2.05, 4.69) is 5.32 Å². The van der Waals surface area contributed by atoms with Crippen LogP contribution >= 0.6 is 0 Å². The Morgan fingerprint density at radius 2 is 2.25 bits per heavy atom. The average Bonchev–Trinajstić information content (AvgIpc) is 2.70. The topological polar surface area (TPSA) is 47.3 Å². The van der Waals surface area contributed by atoms with Crippen LogP contribution in [0.2, 0.25) is 0 Å². The van der Waals surface area contributed by atoms with E-state index in [1.54, 1.807) is 13.2 Å². The highest BCUT2D eigenvalue weighted by atomic mass is 19.1. The predicted molar refractivity (Wildman–Crippen MR) is 62.9 cm³/mol. The number of nitrogens with one attached hydrogen (secondary N) is 1. The summed E-state index contributed by atoms with van der Waals surface area (Å²) in [6, 6.07) is 4.81. The number of nitrogens with two attached hydrogens (primary N) is 1. The first-order chi connectivity index (χ1) is 7.69. The molecule has 4 heteroatoms. The van der Waals surface area contributed by atoms with Gasteiger partial charge in [0, 0.05) is 13.2 Å². The predicted octanol–water partition coefficient (Wildman–Crippen LogP) is 2.39. The number of methoxy groups -OCH3 is 1. The van der Waals surface area contributed by atoms with Crippen molar-refractivity contribution in [3.8, 4) is 0 Å². The second kappa shape index (κ2) is 4.70. The molecule has 1 saturated carbocycles. The number of anilines is 2. The van der Waals surface area contributed by atoms with Gasteiger partial charge in [-0.05, 0) is 37.5 Å². The van der Waals surface area contributed by atoms with Crippen LogP contribution in [0, 0.1) is 5.82 Å². The minimum absolute atomic E-state index is 0.302. The molecule has 1 aliphatic carbocycles. The second-order valence-corrected chi connectivity index (χ2v) is 4.24. The Labute approximate surface area is 94.8 Å². The molecule has 1 fully saturated rings. The summed E-state index contributed by atoms with van der Waals surface area (Å²) >= 11 is 0. The van der Waals surface area contributed by atoms with Gasteiger partial charge < -0.3 is 15.8 Å². The first kappa shape index (κ1) is 11.2. The minimum Gasteiger partial charge on any atom is -0.397 e. The molecule has 2 unspecified atom stereocenters. The Hall–Kier alpha value is -1.29. The van der Waals surface area contributed by atoms with Crippen molar-refractivity contribution >= 4 is 11.4 Å². The molecule has 3 nitrogen and oxygen atoms in total. The lowest BCUT2D eigenvalue weighted by Crippen LogP contribution is -2.18. The minimum atomic E-state index is -0.302. The zero-order valence-corrected chi connectivity index (χ0v) is 9.37. The van der Waals surface area contributed by atoms with E-state index in [9.17, 15) is 4.39 Å². The Balaban J connectivity index is 1.99. The molecule has 2 rings (SSSR count). The van der Waals surface area contributed by atoms with Crippen molar-refractivity contribution in [2.75, 3.05) is 18.2 Å². The highest BCUT2D eigenvalue weighted by Crippen LogP contribution is 2.27. The second-order valence-electron chi connectivity index (χ2n) is 4.24. The summed E-state index contributed by atoms with van der Waals surface area (Å²) in [5, 5.41) is 3.33. The number of hydrogen-bond acceptors (Lipinski definition) is 3. The summed E-state index contributed by atoms with van der Waals surface area (Å²) in [5.41, 5.74) is 7.00. The van der Waals surface area contributed by atoms with Gasteiger partial charge in [0.1, 0.15) is 5.82 Å². The van der Waals surface area contributed by atoms with Gasteiger partial charge in [0.05, 0.1) is 17.5 Å². The number of nitrogen functional groups attached to an aromatic ring is 1. The van der Waals surface area contributed by atoms with Crippen LogP contribution < -0.4 is 11.1 Å². The summed E-state index contributed by atoms with van der Waals surface area (Å²) < 4.78 is 18.1. The van der Waals surface area contributed by atoms with E-state index in [4.69, 9.17) is 10.5 Å². The van der Waals surface area contributed by atoms with Crippen LogP contribution in [0.15, 0.2) is 18.2 Å². The number of halogens is 1. The van der Waals surface area contributed by atoms with Crippen LogP contribution in [-0.4, -0.2) is 19.3 Å². The molecule has 1 aliphatic rings. The monoisotopic (exact) mass is 224 g/mol. The fraction of sp³-hybridized carbons (Fsp3) is 0.500. The molecule has 0 bridgehead atoms. The molecule has 0 aliphatic heterocycles. The van der Waals surface area contributed by atoms with Crippen LogP contribution in [0.3, 0.4) is 0 Å². The normalized spacial score (nSPS) is 24.6. The van der Waals surface area contributed by atoms with Gasteiger partial charge >= 0.3 is 0 Å². The molecular weight excluding hydrogens is 207 g/mol. The third kappa shape index (κ3) is 2.44. The van der Waals surface area contributed by atoms with Crippen molar-refractivity contribution in [1.82, 2.24) is 0 Å². The fourth-order valence-corrected chi connectivity index (χ4v) is 2.17. The van der Waals surface area contributed by atoms with Crippen LogP contribution in [0.4, 0.5) is 15.8 Å². The van der Waals surface area contributed by atoms with E-state index in [0.717, 1.165) is 24.9 Å². The quantitative estimate of drug-likeness (QED) is 0.775. The lowest BCUT2D eigenvalue weighted by atomic mass is 10.2. The van der Waals surface area contributed by atoms with E-state index < -0.39 is 0 Å². The molecule has 0 amide bonds. The van der Waals surface area contributed by atoms with Crippen molar-refractivity contribution in [1.29, 1.82) is 0 Å². The average molecular weight is 224 g/mol. The Kier molecular flexibility index (Phi) is 3.29. The van der Waals surface area contributed by atoms with Gasteiger partial charge in [-0.3, -0.25) is 0 Å². The van der Waals surface area contributed by atoms with E-state index in [1.807, 2.05) is 0 Å². The van der Waals surface area contributed by atoms with Gasteiger partial charge in [-0.15, -0.1) is 0 Å². The molecule has 3 N–H and O–H groups in total. The molecule has 0 spiro atoms. The van der Waals surface area contributed by atoms with Crippen LogP contribution in [0.25, 0.3) is 0 Å². The maximum absolute atomic E-state index is 12.8. The fourth-order valence-electron chi connectivity index (χ4n) is 2.17. The van der Waals surface area contributed by atoms with Crippen LogP contribution in [0.5, 0.6) is 0 Å². The first-order valence-corrected chi connectivity index (χ1v) is 5.53. The highest BCUT2D eigenvalue weighted by molar-refractivity contribution is 5.66. The smallest absolute Gasteiger partial charge is 0.125 e. The number of ether oxygens (including phenoxy) is 1. The molecule has 0 radical (unpaired) electrons. The Bertz CT molecular complexity index is 370. The number of rotatable bonds is 3. The molecule has 2 atom stereocenters. The van der Waals surface area contributed by atoms with Gasteiger partial charge in [-0.25, -0.2) is 4.39 Å². The molecule has 0 saturated heterocycles. The molecule has 1 aromatic rings. The van der Waals surface area contributed by atoms with Crippen molar-refractivity contribution in [3.05, 3.63) is 24.0 Å². The summed E-state index contributed by atoms with van der Waals surface area (Å²) in [7, 11) is 1.74. The lowest BCUT2D eigenvalue weighted by molar-refractivity contribution is 0.108. The summed E-state index contributed by atoms with van der Waals surface area (Å²) in [6.45, 7) is 0. The summed E-state index contributed by atoms with van der Waals surface area (Å²) in [5.74, 6) is -0.302. The van der Waals surface area contributed by atoms with Crippen molar-refractivity contribution < 1.29 is 9.13 Å². The molecule has 88 valence electrons. The van der Waals surface area contributed by atoms with E-state index in [-0.39, 0.29) is 5.82 Å². The molecule has 0 heterocycles. The molecular formula is C12H17FN2O.